The van der Waals surface area contributed by atoms with Crippen LogP contribution in [0.1, 0.15) is 34.1 Å². The predicted molar refractivity (Wildman–Crippen MR) is 150 cm³/mol. The summed E-state index contributed by atoms with van der Waals surface area (Å²) in [6.07, 6.45) is -1.17. The molecule has 208 valence electrons. The number of phenolic OH excluding ortho intramolecular Hbond substituents is 2. The first kappa shape index (κ1) is 25.4. The van der Waals surface area contributed by atoms with Crippen molar-refractivity contribution in [3.63, 3.8) is 0 Å². The fourth-order valence-electron chi connectivity index (χ4n) is 5.37. The third kappa shape index (κ3) is 4.30. The van der Waals surface area contributed by atoms with Gasteiger partial charge in [0.1, 0.15) is 17.1 Å². The second-order valence-corrected chi connectivity index (χ2v) is 10.0. The van der Waals surface area contributed by atoms with Crippen LogP contribution in [0.25, 0.3) is 33.3 Å². The van der Waals surface area contributed by atoms with E-state index in [0.29, 0.717) is 38.8 Å². The number of para-hydroxylation sites is 1. The molecule has 3 aromatic carbocycles. The molecule has 42 heavy (non-hydrogen) atoms. The Morgan fingerprint density at radius 2 is 1.50 bits per heavy atom. The molecule has 6 aromatic rings. The molecule has 0 saturated carbocycles. The van der Waals surface area contributed by atoms with Crippen molar-refractivity contribution >= 4 is 21.9 Å². The Morgan fingerprint density at radius 3 is 2.33 bits per heavy atom. The average molecular weight is 565 g/mol. The number of aliphatic hydroxyl groups excluding tert-OH is 1. The number of phenols is 2. The standard InChI is InChI=1S/C32H20O10/c33-19-5-7-25-21(14-19)16(12-27(35)39-25)8-15-4-6-26-22(9-15)29-23(32(38)40-26)11-18(31(37)42-29)10-17-13-28(36)41-30-20(17)2-1-3-24(30)34/h1-7,9,11-14,32-34,38H,8,10H2. The Balaban J connectivity index is 1.29. The zero-order valence-corrected chi connectivity index (χ0v) is 21.6. The highest BCUT2D eigenvalue weighted by Gasteiger charge is 2.29. The molecule has 4 heterocycles. The van der Waals surface area contributed by atoms with E-state index < -0.39 is 23.2 Å². The van der Waals surface area contributed by atoms with Gasteiger partial charge < -0.3 is 33.3 Å². The van der Waals surface area contributed by atoms with E-state index in [0.717, 1.165) is 5.56 Å². The van der Waals surface area contributed by atoms with Crippen LogP contribution < -0.4 is 21.6 Å². The first-order valence-corrected chi connectivity index (χ1v) is 12.9. The number of hydrogen-bond acceptors (Lipinski definition) is 10. The summed E-state index contributed by atoms with van der Waals surface area (Å²) in [4.78, 5) is 37.5. The highest BCUT2D eigenvalue weighted by Crippen LogP contribution is 2.42. The molecular formula is C32H20O10. The van der Waals surface area contributed by atoms with Crippen molar-refractivity contribution in [2.24, 2.45) is 0 Å². The van der Waals surface area contributed by atoms with Gasteiger partial charge in [-0.15, -0.1) is 0 Å². The fraction of sp³-hybridized carbons (Fsp3) is 0.0938. The van der Waals surface area contributed by atoms with Gasteiger partial charge >= 0.3 is 16.9 Å². The van der Waals surface area contributed by atoms with Crippen LogP contribution in [0.15, 0.2) is 100 Å². The topological polar surface area (TPSA) is 161 Å². The van der Waals surface area contributed by atoms with Crippen LogP contribution >= 0.6 is 0 Å². The molecule has 0 bridgehead atoms. The molecule has 0 aliphatic carbocycles. The molecule has 0 spiro atoms. The molecule has 0 fully saturated rings. The minimum absolute atomic E-state index is 0.00588. The van der Waals surface area contributed by atoms with Crippen LogP contribution in [0.5, 0.6) is 17.2 Å². The van der Waals surface area contributed by atoms with E-state index in [1.165, 1.54) is 42.5 Å². The van der Waals surface area contributed by atoms with Gasteiger partial charge in [0.15, 0.2) is 17.1 Å². The number of fused-ring (bicyclic) bond motifs is 5. The summed E-state index contributed by atoms with van der Waals surface area (Å²) in [7, 11) is 0. The Morgan fingerprint density at radius 1 is 0.714 bits per heavy atom. The highest BCUT2D eigenvalue weighted by molar-refractivity contribution is 5.85. The summed E-state index contributed by atoms with van der Waals surface area (Å²) in [6, 6.07) is 18.3. The van der Waals surface area contributed by atoms with Crippen LogP contribution in [0, 0.1) is 0 Å². The molecule has 0 radical (unpaired) electrons. The van der Waals surface area contributed by atoms with Gasteiger partial charge in [0, 0.05) is 34.9 Å². The quantitative estimate of drug-likeness (QED) is 0.260. The summed E-state index contributed by atoms with van der Waals surface area (Å²) < 4.78 is 21.8. The van der Waals surface area contributed by atoms with Crippen molar-refractivity contribution in [3.05, 3.63) is 132 Å². The summed E-state index contributed by atoms with van der Waals surface area (Å²) in [5.41, 5.74) is 1.05. The van der Waals surface area contributed by atoms with Gasteiger partial charge in [0.2, 0.25) is 6.29 Å². The molecule has 1 unspecified atom stereocenters. The van der Waals surface area contributed by atoms with E-state index in [-0.39, 0.29) is 46.8 Å². The van der Waals surface area contributed by atoms with Gasteiger partial charge in [-0.1, -0.05) is 18.2 Å². The largest absolute Gasteiger partial charge is 0.508 e. The molecule has 10 nitrogen and oxygen atoms in total. The summed E-state index contributed by atoms with van der Waals surface area (Å²) in [5, 5.41) is 31.9. The van der Waals surface area contributed by atoms with Gasteiger partial charge in [-0.25, -0.2) is 14.4 Å². The number of ether oxygens (including phenoxy) is 1. The molecule has 1 aliphatic heterocycles. The maximum Gasteiger partial charge on any atom is 0.339 e. The molecule has 0 amide bonds. The van der Waals surface area contributed by atoms with Crippen molar-refractivity contribution < 1.29 is 33.3 Å². The van der Waals surface area contributed by atoms with Crippen LogP contribution in [0.3, 0.4) is 0 Å². The molecule has 7 rings (SSSR count). The lowest BCUT2D eigenvalue weighted by molar-refractivity contribution is -0.0232. The molecular weight excluding hydrogens is 544 g/mol. The second kappa shape index (κ2) is 9.50. The minimum Gasteiger partial charge on any atom is -0.508 e. The monoisotopic (exact) mass is 564 g/mol. The third-order valence-corrected chi connectivity index (χ3v) is 7.26. The Hall–Kier alpha value is -5.61. The first-order valence-electron chi connectivity index (χ1n) is 12.9. The zero-order chi connectivity index (χ0) is 29.1. The van der Waals surface area contributed by atoms with E-state index in [2.05, 4.69) is 0 Å². The summed E-state index contributed by atoms with van der Waals surface area (Å²) in [6.45, 7) is 0. The number of rotatable bonds is 4. The number of aliphatic hydroxyl groups is 1. The van der Waals surface area contributed by atoms with Crippen LogP contribution in [-0.2, 0) is 12.8 Å². The molecule has 1 aliphatic rings. The molecule has 0 saturated heterocycles. The van der Waals surface area contributed by atoms with Gasteiger partial charge in [0.05, 0.1) is 11.1 Å². The van der Waals surface area contributed by atoms with Crippen LogP contribution in [0.4, 0.5) is 0 Å². The fourth-order valence-corrected chi connectivity index (χ4v) is 5.37. The Bertz CT molecular complexity index is 2240. The Labute approximate surface area is 234 Å². The summed E-state index contributed by atoms with van der Waals surface area (Å²) >= 11 is 0. The highest BCUT2D eigenvalue weighted by atomic mass is 16.6. The average Bonchev–Trinajstić information content (AvgIpc) is 2.95. The number of benzene rings is 3. The second-order valence-electron chi connectivity index (χ2n) is 10.0. The predicted octanol–water partition coefficient (Wildman–Crippen LogP) is 4.50. The Kier molecular flexibility index (Phi) is 5.73. The molecule has 3 N–H and O–H groups in total. The van der Waals surface area contributed by atoms with E-state index in [9.17, 15) is 29.7 Å². The lowest BCUT2D eigenvalue weighted by Crippen LogP contribution is -2.19. The minimum atomic E-state index is -1.42. The smallest absolute Gasteiger partial charge is 0.339 e. The van der Waals surface area contributed by atoms with Crippen molar-refractivity contribution in [2.45, 2.75) is 19.1 Å². The first-order chi connectivity index (χ1) is 20.2. The lowest BCUT2D eigenvalue weighted by Gasteiger charge is -2.24. The van der Waals surface area contributed by atoms with E-state index in [1.807, 2.05) is 0 Å². The number of hydrogen-bond donors (Lipinski definition) is 3. The number of aromatic hydroxyl groups is 2. The molecule has 1 atom stereocenters. The van der Waals surface area contributed by atoms with Gasteiger partial charge in [-0.05, 0) is 65.6 Å². The van der Waals surface area contributed by atoms with Crippen molar-refractivity contribution in [1.29, 1.82) is 0 Å². The summed E-state index contributed by atoms with van der Waals surface area (Å²) in [5.74, 6) is 0.246. The maximum atomic E-state index is 13.2. The van der Waals surface area contributed by atoms with Crippen LogP contribution in [0.2, 0.25) is 0 Å². The van der Waals surface area contributed by atoms with E-state index in [4.69, 9.17) is 18.0 Å². The van der Waals surface area contributed by atoms with Gasteiger partial charge in [-0.3, -0.25) is 0 Å². The SMILES string of the molecule is O=c1cc(Cc2ccc3c(c2)-c2oc(=O)c(Cc4cc(=O)oc5c(O)cccc45)cc2C(O)O3)c2cc(O)ccc2o1. The van der Waals surface area contributed by atoms with Crippen molar-refractivity contribution in [1.82, 2.24) is 0 Å². The lowest BCUT2D eigenvalue weighted by atomic mass is 9.95. The van der Waals surface area contributed by atoms with Crippen molar-refractivity contribution in [3.8, 4) is 28.6 Å². The van der Waals surface area contributed by atoms with Crippen molar-refractivity contribution in [2.75, 3.05) is 0 Å². The van der Waals surface area contributed by atoms with Crippen LogP contribution in [-0.4, -0.2) is 15.3 Å². The van der Waals surface area contributed by atoms with E-state index in [1.54, 1.807) is 30.3 Å². The normalized spacial score (nSPS) is 14.0. The van der Waals surface area contributed by atoms with E-state index >= 15 is 0 Å². The zero-order valence-electron chi connectivity index (χ0n) is 21.6. The van der Waals surface area contributed by atoms with Gasteiger partial charge in [-0.2, -0.15) is 0 Å². The molecule has 10 heteroatoms. The molecule has 3 aromatic heterocycles. The van der Waals surface area contributed by atoms with Gasteiger partial charge in [0.25, 0.3) is 0 Å². The maximum absolute atomic E-state index is 13.2. The third-order valence-electron chi connectivity index (χ3n) is 7.26.